The first kappa shape index (κ1) is 19.7. The second-order valence-electron chi connectivity index (χ2n) is 7.43. The molecule has 0 spiro atoms. The van der Waals surface area contributed by atoms with Gasteiger partial charge in [0.1, 0.15) is 11.6 Å². The van der Waals surface area contributed by atoms with Crippen molar-refractivity contribution in [1.82, 2.24) is 19.8 Å². The number of β-lactam (4-membered cyclic amide) rings is 1. The lowest BCUT2D eigenvalue weighted by Crippen LogP contribution is -2.68. The van der Waals surface area contributed by atoms with Gasteiger partial charge in [-0.3, -0.25) is 18.9 Å². The van der Waals surface area contributed by atoms with Crippen molar-refractivity contribution in [3.05, 3.63) is 30.1 Å². The minimum absolute atomic E-state index is 0.0784. The third-order valence-corrected chi connectivity index (χ3v) is 6.49. The molecule has 4 rings (SSSR count). The molecule has 0 radical (unpaired) electrons. The lowest BCUT2D eigenvalue weighted by Gasteiger charge is -2.42. The van der Waals surface area contributed by atoms with Crippen LogP contribution in [-0.4, -0.2) is 77.7 Å². The van der Waals surface area contributed by atoms with Crippen LogP contribution in [0.2, 0.25) is 0 Å². The van der Waals surface area contributed by atoms with Crippen LogP contribution in [0.4, 0.5) is 0 Å². The van der Waals surface area contributed by atoms with Crippen molar-refractivity contribution in [2.75, 3.05) is 19.6 Å². The fourth-order valence-electron chi connectivity index (χ4n) is 4.14. The number of carbonyl (C=O) groups excluding carboxylic acids is 3. The summed E-state index contributed by atoms with van der Waals surface area (Å²) in [5, 5.41) is 6.11. The quantitative estimate of drug-likeness (QED) is 0.274. The van der Waals surface area contributed by atoms with E-state index >= 15 is 0 Å². The maximum absolute atomic E-state index is 12.7. The first-order chi connectivity index (χ1) is 13.8. The third kappa shape index (κ3) is 3.70. The fourth-order valence-corrected chi connectivity index (χ4v) is 5.04. The SMILES string of the molecule is O=C(N[C@H]1CCNC1)c1ccc[n+](CC(=O)N2CC[C@@H]3[C@H]2C(=O)N3S(=O)(=O)O)c1. The zero-order valence-electron chi connectivity index (χ0n) is 15.5. The smallest absolute Gasteiger partial charge is 0.348 e. The fraction of sp³-hybridized carbons (Fsp3) is 0.529. The Kier molecular flexibility index (Phi) is 5.00. The van der Waals surface area contributed by atoms with Crippen LogP contribution in [0.25, 0.3) is 0 Å². The average molecular weight is 424 g/mol. The van der Waals surface area contributed by atoms with E-state index in [4.69, 9.17) is 4.55 Å². The van der Waals surface area contributed by atoms with Crippen LogP contribution >= 0.6 is 0 Å². The number of nitrogens with one attached hydrogen (secondary N) is 2. The molecule has 4 heterocycles. The molecule has 11 nitrogen and oxygen atoms in total. The zero-order valence-corrected chi connectivity index (χ0v) is 16.3. The molecule has 0 aromatic carbocycles. The number of aromatic nitrogens is 1. The van der Waals surface area contributed by atoms with Gasteiger partial charge < -0.3 is 15.5 Å². The lowest BCUT2D eigenvalue weighted by atomic mass is 10.0. The van der Waals surface area contributed by atoms with Crippen LogP contribution in [0.1, 0.15) is 23.2 Å². The van der Waals surface area contributed by atoms with E-state index in [0.717, 1.165) is 19.5 Å². The number of hydrogen-bond donors (Lipinski definition) is 3. The Bertz CT molecular complexity index is 961. The summed E-state index contributed by atoms with van der Waals surface area (Å²) in [6.07, 6.45) is 4.36. The summed E-state index contributed by atoms with van der Waals surface area (Å²) in [5.74, 6) is -1.38. The number of nitrogens with zero attached hydrogens (tertiary/aromatic N) is 3. The van der Waals surface area contributed by atoms with Gasteiger partial charge in [0.2, 0.25) is 6.54 Å². The summed E-state index contributed by atoms with van der Waals surface area (Å²) in [6.45, 7) is 1.72. The number of pyridine rings is 1. The highest BCUT2D eigenvalue weighted by atomic mass is 32.2. The summed E-state index contributed by atoms with van der Waals surface area (Å²) in [5.41, 5.74) is 0.420. The maximum Gasteiger partial charge on any atom is 0.362 e. The van der Waals surface area contributed by atoms with Crippen LogP contribution in [0.5, 0.6) is 0 Å². The van der Waals surface area contributed by atoms with Crippen molar-refractivity contribution in [1.29, 1.82) is 0 Å². The first-order valence-corrected chi connectivity index (χ1v) is 10.8. The molecule has 3 aliphatic rings. The van der Waals surface area contributed by atoms with E-state index in [9.17, 15) is 22.8 Å². The molecule has 156 valence electrons. The Balaban J connectivity index is 1.40. The van der Waals surface area contributed by atoms with E-state index < -0.39 is 28.3 Å². The van der Waals surface area contributed by atoms with Crippen LogP contribution in [0, 0.1) is 0 Å². The number of likely N-dealkylation sites (tertiary alicyclic amines) is 1. The second-order valence-corrected chi connectivity index (χ2v) is 8.72. The molecular weight excluding hydrogens is 402 g/mol. The summed E-state index contributed by atoms with van der Waals surface area (Å²) in [4.78, 5) is 38.5. The Morgan fingerprint density at radius 3 is 2.83 bits per heavy atom. The molecule has 3 N–H and O–H groups in total. The molecule has 0 aliphatic carbocycles. The molecule has 0 unspecified atom stereocenters. The van der Waals surface area contributed by atoms with E-state index in [0.29, 0.717) is 9.87 Å². The van der Waals surface area contributed by atoms with Gasteiger partial charge in [-0.15, -0.1) is 0 Å². The van der Waals surface area contributed by atoms with Crippen molar-refractivity contribution in [2.45, 2.75) is 37.5 Å². The number of fused-ring (bicyclic) bond motifs is 1. The number of amides is 3. The van der Waals surface area contributed by atoms with Gasteiger partial charge in [0.15, 0.2) is 12.4 Å². The highest BCUT2D eigenvalue weighted by Gasteiger charge is 2.60. The molecule has 0 bridgehead atoms. The normalized spacial score (nSPS) is 26.2. The van der Waals surface area contributed by atoms with Gasteiger partial charge in [0, 0.05) is 25.2 Å². The molecule has 3 aliphatic heterocycles. The molecule has 12 heteroatoms. The summed E-state index contributed by atoms with van der Waals surface area (Å²) in [7, 11) is -4.61. The van der Waals surface area contributed by atoms with E-state index in [1.165, 1.54) is 4.90 Å². The largest absolute Gasteiger partial charge is 0.362 e. The molecule has 3 saturated heterocycles. The number of carbonyl (C=O) groups is 3. The van der Waals surface area contributed by atoms with E-state index in [-0.39, 0.29) is 37.4 Å². The van der Waals surface area contributed by atoms with Crippen molar-refractivity contribution >= 4 is 28.0 Å². The average Bonchev–Trinajstić information content (AvgIpc) is 3.28. The Morgan fingerprint density at radius 2 is 2.14 bits per heavy atom. The lowest BCUT2D eigenvalue weighted by molar-refractivity contribution is -0.685. The van der Waals surface area contributed by atoms with Gasteiger partial charge in [-0.05, 0) is 25.5 Å². The predicted octanol–water partition coefficient (Wildman–Crippen LogP) is -2.32. The molecule has 1 aromatic rings. The van der Waals surface area contributed by atoms with Crippen LogP contribution in [0.3, 0.4) is 0 Å². The molecule has 29 heavy (non-hydrogen) atoms. The molecule has 1 aromatic heterocycles. The van der Waals surface area contributed by atoms with Crippen molar-refractivity contribution in [3.63, 3.8) is 0 Å². The highest BCUT2D eigenvalue weighted by Crippen LogP contribution is 2.35. The maximum atomic E-state index is 12.7. The van der Waals surface area contributed by atoms with E-state index in [1.807, 2.05) is 0 Å². The minimum atomic E-state index is -4.61. The minimum Gasteiger partial charge on any atom is -0.348 e. The Morgan fingerprint density at radius 1 is 1.34 bits per heavy atom. The summed E-state index contributed by atoms with van der Waals surface area (Å²) >= 11 is 0. The zero-order chi connectivity index (χ0) is 20.8. The second kappa shape index (κ2) is 7.35. The summed E-state index contributed by atoms with van der Waals surface area (Å²) < 4.78 is 33.7. The van der Waals surface area contributed by atoms with Gasteiger partial charge in [-0.25, -0.2) is 4.31 Å². The van der Waals surface area contributed by atoms with E-state index in [2.05, 4.69) is 10.6 Å². The predicted molar refractivity (Wildman–Crippen MR) is 97.7 cm³/mol. The van der Waals surface area contributed by atoms with Crippen LogP contribution in [0.15, 0.2) is 24.5 Å². The Hall–Kier alpha value is -2.57. The standard InChI is InChI=1S/C17H21N5O6S/c23-14(21-7-4-13-15(21)17(25)22(13)29(26,27)28)10-20-6-1-2-11(9-20)16(24)19-12-3-5-18-8-12/h1-2,6,9,12-13,15,18H,3-5,7-8,10H2,(H-,19,24,26,27,28)/p+1/t12-,13+,15-/m0/s1. The van der Waals surface area contributed by atoms with Crippen LogP contribution < -0.4 is 15.2 Å². The summed E-state index contributed by atoms with van der Waals surface area (Å²) in [6, 6.07) is 1.81. The molecular formula is C17H22N5O6S+. The first-order valence-electron chi connectivity index (χ1n) is 9.36. The van der Waals surface area contributed by atoms with Crippen molar-refractivity contribution < 1.29 is 31.9 Å². The highest BCUT2D eigenvalue weighted by molar-refractivity contribution is 7.84. The van der Waals surface area contributed by atoms with Gasteiger partial charge in [0.25, 0.3) is 17.7 Å². The third-order valence-electron chi connectivity index (χ3n) is 5.54. The molecule has 3 amide bonds. The van der Waals surface area contributed by atoms with Gasteiger partial charge >= 0.3 is 10.3 Å². The Labute approximate surface area is 167 Å². The molecule has 3 fully saturated rings. The number of rotatable bonds is 5. The van der Waals surface area contributed by atoms with Gasteiger partial charge in [0.05, 0.1) is 6.04 Å². The molecule has 3 atom stereocenters. The monoisotopic (exact) mass is 424 g/mol. The molecule has 0 saturated carbocycles. The van der Waals surface area contributed by atoms with Gasteiger partial charge in [-0.1, -0.05) is 0 Å². The van der Waals surface area contributed by atoms with Crippen molar-refractivity contribution in [3.8, 4) is 0 Å². The van der Waals surface area contributed by atoms with Crippen molar-refractivity contribution in [2.24, 2.45) is 0 Å². The van der Waals surface area contributed by atoms with Crippen LogP contribution in [-0.2, 0) is 26.4 Å². The van der Waals surface area contributed by atoms with Gasteiger partial charge in [-0.2, -0.15) is 13.0 Å². The topological polar surface area (TPSA) is 140 Å². The number of hydrogen-bond acceptors (Lipinski definition) is 6. The van der Waals surface area contributed by atoms with E-state index in [1.54, 1.807) is 29.1 Å².